The molecule has 2 atom stereocenters. The molecule has 2 unspecified atom stereocenters. The fourth-order valence-corrected chi connectivity index (χ4v) is 2.04. The first kappa shape index (κ1) is 9.96. The molecule has 1 rings (SSSR count). The van der Waals surface area contributed by atoms with Gasteiger partial charge in [-0.05, 0) is 40.4 Å². The quantitative estimate of drug-likeness (QED) is 0.562. The van der Waals surface area contributed by atoms with Crippen molar-refractivity contribution in [2.75, 3.05) is 21.1 Å². The van der Waals surface area contributed by atoms with E-state index in [1.807, 2.05) is 21.1 Å². The normalized spacial score (nSPS) is 32.2. The van der Waals surface area contributed by atoms with Crippen LogP contribution in [0.2, 0.25) is 0 Å². The Hall–Kier alpha value is -0.120. The van der Waals surface area contributed by atoms with Crippen molar-refractivity contribution in [2.24, 2.45) is 0 Å². The predicted octanol–water partition coefficient (Wildman–Crippen LogP) is 0.0977. The van der Waals surface area contributed by atoms with Gasteiger partial charge in [0.05, 0.1) is 6.04 Å². The molecule has 1 aliphatic carbocycles. The minimum absolute atomic E-state index is 0.494. The van der Waals surface area contributed by atoms with Crippen LogP contribution in [0.25, 0.3) is 0 Å². The first-order valence-electron chi connectivity index (χ1n) is 4.71. The Morgan fingerprint density at radius 1 is 1.17 bits per heavy atom. The molecule has 1 fully saturated rings. The Labute approximate surface area is 75.3 Å². The SMILES string of the molecule is CN[C]1CCCC(NC)C1NC. The summed E-state index contributed by atoms with van der Waals surface area (Å²) in [5.74, 6) is 0. The molecule has 1 radical (unpaired) electrons. The Morgan fingerprint density at radius 3 is 2.42 bits per heavy atom. The maximum Gasteiger partial charge on any atom is 0.0547 e. The lowest BCUT2D eigenvalue weighted by atomic mass is 9.86. The van der Waals surface area contributed by atoms with Gasteiger partial charge in [0.15, 0.2) is 0 Å². The van der Waals surface area contributed by atoms with Crippen LogP contribution < -0.4 is 16.0 Å². The van der Waals surface area contributed by atoms with Gasteiger partial charge in [-0.15, -0.1) is 0 Å². The predicted molar refractivity (Wildman–Crippen MR) is 51.8 cm³/mol. The van der Waals surface area contributed by atoms with E-state index in [9.17, 15) is 0 Å². The molecule has 0 aromatic rings. The van der Waals surface area contributed by atoms with Gasteiger partial charge in [-0.3, -0.25) is 0 Å². The van der Waals surface area contributed by atoms with E-state index in [1.165, 1.54) is 25.3 Å². The van der Waals surface area contributed by atoms with Crippen molar-refractivity contribution < 1.29 is 0 Å². The molecular weight excluding hydrogens is 150 g/mol. The largest absolute Gasteiger partial charge is 0.315 e. The van der Waals surface area contributed by atoms with Crippen molar-refractivity contribution in [1.29, 1.82) is 0 Å². The second-order valence-corrected chi connectivity index (χ2v) is 3.33. The van der Waals surface area contributed by atoms with E-state index in [2.05, 4.69) is 16.0 Å². The molecule has 0 spiro atoms. The van der Waals surface area contributed by atoms with Crippen molar-refractivity contribution in [1.82, 2.24) is 16.0 Å². The van der Waals surface area contributed by atoms with Crippen molar-refractivity contribution in [3.8, 4) is 0 Å². The van der Waals surface area contributed by atoms with E-state index in [-0.39, 0.29) is 0 Å². The van der Waals surface area contributed by atoms with Gasteiger partial charge in [0.25, 0.3) is 0 Å². The van der Waals surface area contributed by atoms with Crippen molar-refractivity contribution in [3.05, 3.63) is 6.04 Å². The van der Waals surface area contributed by atoms with Gasteiger partial charge >= 0.3 is 0 Å². The van der Waals surface area contributed by atoms with Crippen LogP contribution in [0.15, 0.2) is 0 Å². The van der Waals surface area contributed by atoms with Crippen molar-refractivity contribution in [3.63, 3.8) is 0 Å². The average Bonchev–Trinajstić information content (AvgIpc) is 2.16. The highest BCUT2D eigenvalue weighted by atomic mass is 15.1. The zero-order valence-corrected chi connectivity index (χ0v) is 8.28. The van der Waals surface area contributed by atoms with Gasteiger partial charge in [0.2, 0.25) is 0 Å². The molecule has 12 heavy (non-hydrogen) atoms. The molecule has 3 heteroatoms. The van der Waals surface area contributed by atoms with Crippen LogP contribution >= 0.6 is 0 Å². The first-order chi connectivity index (χ1) is 5.83. The van der Waals surface area contributed by atoms with E-state index < -0.39 is 0 Å². The standard InChI is InChI=1S/C9H20N3/c1-10-7-5-4-6-8(11-2)9(7)12-3/h7,9-12H,4-6H2,1-3H3. The third kappa shape index (κ3) is 1.97. The second-order valence-electron chi connectivity index (χ2n) is 3.33. The Kier molecular flexibility index (Phi) is 3.98. The van der Waals surface area contributed by atoms with Gasteiger partial charge in [-0.1, -0.05) is 0 Å². The molecule has 3 N–H and O–H groups in total. The highest BCUT2D eigenvalue weighted by molar-refractivity contribution is 5.06. The van der Waals surface area contributed by atoms with Gasteiger partial charge < -0.3 is 16.0 Å². The lowest BCUT2D eigenvalue weighted by molar-refractivity contribution is 0.315. The number of hydrogen-bond acceptors (Lipinski definition) is 3. The monoisotopic (exact) mass is 170 g/mol. The van der Waals surface area contributed by atoms with Gasteiger partial charge in [-0.2, -0.15) is 0 Å². The van der Waals surface area contributed by atoms with E-state index in [4.69, 9.17) is 0 Å². The molecule has 0 amide bonds. The smallest absolute Gasteiger partial charge is 0.0547 e. The molecule has 71 valence electrons. The molecule has 0 heterocycles. The van der Waals surface area contributed by atoms with Gasteiger partial charge in [0.1, 0.15) is 0 Å². The number of rotatable bonds is 3. The summed E-state index contributed by atoms with van der Waals surface area (Å²) in [7, 11) is 6.07. The van der Waals surface area contributed by atoms with Crippen LogP contribution in [0.4, 0.5) is 0 Å². The molecule has 0 aliphatic heterocycles. The summed E-state index contributed by atoms with van der Waals surface area (Å²) in [6, 6.07) is 2.52. The van der Waals surface area contributed by atoms with E-state index >= 15 is 0 Å². The van der Waals surface area contributed by atoms with Crippen LogP contribution in [0.5, 0.6) is 0 Å². The molecule has 0 aromatic heterocycles. The Balaban J connectivity index is 2.52. The summed E-state index contributed by atoms with van der Waals surface area (Å²) in [6.45, 7) is 0. The average molecular weight is 170 g/mol. The van der Waals surface area contributed by atoms with Crippen LogP contribution in [0.3, 0.4) is 0 Å². The second kappa shape index (κ2) is 4.80. The highest BCUT2D eigenvalue weighted by Gasteiger charge is 2.30. The molecule has 3 nitrogen and oxygen atoms in total. The summed E-state index contributed by atoms with van der Waals surface area (Å²) in [4.78, 5) is 0. The van der Waals surface area contributed by atoms with Crippen LogP contribution in [-0.2, 0) is 0 Å². The zero-order chi connectivity index (χ0) is 8.97. The number of likely N-dealkylation sites (N-methyl/N-ethyl adjacent to an activating group) is 3. The summed E-state index contributed by atoms with van der Waals surface area (Å²) < 4.78 is 0. The zero-order valence-electron chi connectivity index (χ0n) is 8.28. The Morgan fingerprint density at radius 2 is 1.92 bits per heavy atom. The first-order valence-corrected chi connectivity index (χ1v) is 4.71. The third-order valence-electron chi connectivity index (χ3n) is 2.74. The molecular formula is C9H20N3. The summed E-state index contributed by atoms with van der Waals surface area (Å²) in [6.07, 6.45) is 3.77. The fourth-order valence-electron chi connectivity index (χ4n) is 2.04. The van der Waals surface area contributed by atoms with Gasteiger partial charge in [0, 0.05) is 12.1 Å². The Bertz CT molecular complexity index is 115. The summed E-state index contributed by atoms with van der Waals surface area (Å²) in [5.41, 5.74) is 0. The van der Waals surface area contributed by atoms with E-state index in [0.717, 1.165) is 0 Å². The lowest BCUT2D eigenvalue weighted by Gasteiger charge is -2.37. The minimum atomic E-state index is 0.494. The minimum Gasteiger partial charge on any atom is -0.315 e. The van der Waals surface area contributed by atoms with Crippen LogP contribution in [0.1, 0.15) is 19.3 Å². The third-order valence-corrected chi connectivity index (χ3v) is 2.74. The van der Waals surface area contributed by atoms with Gasteiger partial charge in [-0.25, -0.2) is 0 Å². The molecule has 1 saturated carbocycles. The molecule has 1 aliphatic rings. The maximum atomic E-state index is 3.35. The number of hydrogen-bond donors (Lipinski definition) is 3. The molecule has 0 aromatic carbocycles. The van der Waals surface area contributed by atoms with Crippen molar-refractivity contribution in [2.45, 2.75) is 31.3 Å². The maximum absolute atomic E-state index is 3.35. The fraction of sp³-hybridized carbons (Fsp3) is 0.889. The van der Waals surface area contributed by atoms with Crippen molar-refractivity contribution >= 4 is 0 Å². The molecule has 0 bridgehead atoms. The highest BCUT2D eigenvalue weighted by Crippen LogP contribution is 2.23. The van der Waals surface area contributed by atoms with Crippen LogP contribution in [-0.4, -0.2) is 33.2 Å². The summed E-state index contributed by atoms with van der Waals surface area (Å²) >= 11 is 0. The van der Waals surface area contributed by atoms with E-state index in [1.54, 1.807) is 0 Å². The summed E-state index contributed by atoms with van der Waals surface area (Å²) in [5, 5.41) is 9.97. The molecule has 0 saturated heterocycles. The topological polar surface area (TPSA) is 36.1 Å². The number of nitrogens with one attached hydrogen (secondary N) is 3. The van der Waals surface area contributed by atoms with Crippen LogP contribution in [0, 0.1) is 6.04 Å². The van der Waals surface area contributed by atoms with E-state index in [0.29, 0.717) is 12.1 Å². The lowest BCUT2D eigenvalue weighted by Crippen LogP contribution is -2.54.